The molecule has 1 aliphatic heterocycles. The number of hydrogen-bond acceptors (Lipinski definition) is 3. The third-order valence-corrected chi connectivity index (χ3v) is 6.40. The minimum Gasteiger partial charge on any atom is -0.307 e. The van der Waals surface area contributed by atoms with E-state index in [9.17, 15) is 22.0 Å². The van der Waals surface area contributed by atoms with E-state index in [1.54, 1.807) is 19.1 Å². The molecule has 0 saturated carbocycles. The molecule has 0 aromatic heterocycles. The highest BCUT2D eigenvalue weighted by atomic mass is 32.2. The summed E-state index contributed by atoms with van der Waals surface area (Å²) in [6.45, 7) is 3.29. The van der Waals surface area contributed by atoms with Crippen LogP contribution in [-0.2, 0) is 14.8 Å². The van der Waals surface area contributed by atoms with Gasteiger partial charge in [0.05, 0.1) is 10.6 Å². The Labute approximate surface area is 150 Å². The number of piperazine rings is 1. The van der Waals surface area contributed by atoms with Crippen molar-refractivity contribution in [3.63, 3.8) is 0 Å². The largest absolute Gasteiger partial charge is 0.307 e. The maximum atomic E-state index is 14.1. The molecule has 8 heteroatoms. The van der Waals surface area contributed by atoms with Gasteiger partial charge in [-0.1, -0.05) is 6.07 Å². The smallest absolute Gasteiger partial charge is 0.245 e. The second kappa shape index (κ2) is 6.77. The number of rotatable bonds is 3. The average molecular weight is 380 g/mol. The van der Waals surface area contributed by atoms with Crippen LogP contribution in [0.15, 0.2) is 47.4 Å². The SMILES string of the molecule is Cc1ccc(F)c(N2CCN(S(=O)(=O)c3ccc(F)cc3)C(C)C2=O)c1. The Morgan fingerprint density at radius 1 is 1.04 bits per heavy atom. The van der Waals surface area contributed by atoms with Gasteiger partial charge in [0.1, 0.15) is 17.7 Å². The summed E-state index contributed by atoms with van der Waals surface area (Å²) >= 11 is 0. The van der Waals surface area contributed by atoms with Gasteiger partial charge in [-0.15, -0.1) is 0 Å². The molecule has 26 heavy (non-hydrogen) atoms. The number of anilines is 1. The van der Waals surface area contributed by atoms with Gasteiger partial charge in [-0.05, 0) is 55.8 Å². The van der Waals surface area contributed by atoms with Gasteiger partial charge in [0.25, 0.3) is 0 Å². The number of nitrogens with zero attached hydrogens (tertiary/aromatic N) is 2. The van der Waals surface area contributed by atoms with Crippen LogP contribution in [0.3, 0.4) is 0 Å². The first kappa shape index (κ1) is 18.5. The molecule has 3 rings (SSSR count). The predicted octanol–water partition coefficient (Wildman–Crippen LogP) is 2.70. The van der Waals surface area contributed by atoms with Crippen LogP contribution in [0.25, 0.3) is 0 Å². The number of halogens is 2. The fraction of sp³-hybridized carbons (Fsp3) is 0.278. The zero-order valence-electron chi connectivity index (χ0n) is 14.3. The van der Waals surface area contributed by atoms with Crippen molar-refractivity contribution >= 4 is 21.6 Å². The van der Waals surface area contributed by atoms with Gasteiger partial charge in [-0.25, -0.2) is 17.2 Å². The van der Waals surface area contributed by atoms with Crippen molar-refractivity contribution in [1.82, 2.24) is 4.31 Å². The standard InChI is InChI=1S/C18H18F2N2O3S/c1-12-3-8-16(20)17(11-12)21-9-10-22(13(2)18(21)23)26(24,25)15-6-4-14(19)5-7-15/h3-8,11,13H,9-10H2,1-2H3. The minimum atomic E-state index is -3.96. The summed E-state index contributed by atoms with van der Waals surface area (Å²) in [4.78, 5) is 13.9. The van der Waals surface area contributed by atoms with Crippen LogP contribution in [0, 0.1) is 18.6 Å². The summed E-state index contributed by atoms with van der Waals surface area (Å²) in [6.07, 6.45) is 0. The first-order valence-electron chi connectivity index (χ1n) is 8.07. The third kappa shape index (κ3) is 3.22. The van der Waals surface area contributed by atoms with E-state index in [0.29, 0.717) is 0 Å². The fourth-order valence-corrected chi connectivity index (χ4v) is 4.57. The van der Waals surface area contributed by atoms with Crippen LogP contribution >= 0.6 is 0 Å². The highest BCUT2D eigenvalue weighted by Crippen LogP contribution is 2.28. The van der Waals surface area contributed by atoms with Gasteiger partial charge in [0.2, 0.25) is 15.9 Å². The molecule has 1 unspecified atom stereocenters. The highest BCUT2D eigenvalue weighted by Gasteiger charge is 2.40. The predicted molar refractivity (Wildman–Crippen MR) is 93.2 cm³/mol. The van der Waals surface area contributed by atoms with Gasteiger partial charge < -0.3 is 4.90 Å². The van der Waals surface area contributed by atoms with Gasteiger partial charge in [-0.2, -0.15) is 4.31 Å². The number of sulfonamides is 1. The van der Waals surface area contributed by atoms with E-state index >= 15 is 0 Å². The molecule has 1 fully saturated rings. The second-order valence-corrected chi connectivity index (χ2v) is 8.08. The van der Waals surface area contributed by atoms with Crippen molar-refractivity contribution in [2.24, 2.45) is 0 Å². The first-order valence-corrected chi connectivity index (χ1v) is 9.51. The van der Waals surface area contributed by atoms with Crippen LogP contribution < -0.4 is 4.90 Å². The molecule has 1 amide bonds. The first-order chi connectivity index (χ1) is 12.2. The maximum absolute atomic E-state index is 14.1. The van der Waals surface area contributed by atoms with Crippen LogP contribution in [0.1, 0.15) is 12.5 Å². The van der Waals surface area contributed by atoms with E-state index in [1.807, 2.05) is 0 Å². The Hall–Kier alpha value is -2.32. The normalized spacial score (nSPS) is 19.0. The van der Waals surface area contributed by atoms with E-state index in [1.165, 1.54) is 17.9 Å². The van der Waals surface area contributed by atoms with Crippen molar-refractivity contribution in [2.45, 2.75) is 24.8 Å². The van der Waals surface area contributed by atoms with Crippen molar-refractivity contribution < 1.29 is 22.0 Å². The zero-order chi connectivity index (χ0) is 19.1. The number of benzene rings is 2. The topological polar surface area (TPSA) is 57.7 Å². The third-order valence-electron chi connectivity index (χ3n) is 4.41. The number of hydrogen-bond donors (Lipinski definition) is 0. The Balaban J connectivity index is 1.90. The fourth-order valence-electron chi connectivity index (χ4n) is 2.99. The van der Waals surface area contributed by atoms with E-state index in [0.717, 1.165) is 34.1 Å². The van der Waals surface area contributed by atoms with Crippen molar-refractivity contribution in [1.29, 1.82) is 0 Å². The molecule has 2 aromatic rings. The lowest BCUT2D eigenvalue weighted by atomic mass is 10.1. The second-order valence-electron chi connectivity index (χ2n) is 6.19. The summed E-state index contributed by atoms with van der Waals surface area (Å²) in [5.41, 5.74) is 0.934. The Morgan fingerprint density at radius 3 is 2.35 bits per heavy atom. The van der Waals surface area contributed by atoms with E-state index < -0.39 is 33.6 Å². The highest BCUT2D eigenvalue weighted by molar-refractivity contribution is 7.89. The Kier molecular flexibility index (Phi) is 4.81. The van der Waals surface area contributed by atoms with Gasteiger partial charge in [0, 0.05) is 13.1 Å². The van der Waals surface area contributed by atoms with Crippen LogP contribution in [0.5, 0.6) is 0 Å². The summed E-state index contributed by atoms with van der Waals surface area (Å²) in [5.74, 6) is -1.59. The van der Waals surface area contributed by atoms with Crippen molar-refractivity contribution in [2.75, 3.05) is 18.0 Å². The van der Waals surface area contributed by atoms with E-state index in [2.05, 4.69) is 0 Å². The lowest BCUT2D eigenvalue weighted by Crippen LogP contribution is -2.57. The Bertz CT molecular complexity index is 945. The molecule has 1 saturated heterocycles. The van der Waals surface area contributed by atoms with E-state index in [4.69, 9.17) is 0 Å². The molecule has 138 valence electrons. The molecule has 0 N–H and O–H groups in total. The number of amides is 1. The summed E-state index contributed by atoms with van der Waals surface area (Å²) in [7, 11) is -3.96. The molecule has 1 aliphatic rings. The molecule has 0 radical (unpaired) electrons. The minimum absolute atomic E-state index is 0.0139. The molecule has 0 aliphatic carbocycles. The average Bonchev–Trinajstić information content (AvgIpc) is 2.60. The van der Waals surface area contributed by atoms with Crippen molar-refractivity contribution in [3.8, 4) is 0 Å². The summed E-state index contributed by atoms with van der Waals surface area (Å²) < 4.78 is 53.8. The number of carbonyl (C=O) groups is 1. The molecule has 1 heterocycles. The summed E-state index contributed by atoms with van der Waals surface area (Å²) in [5, 5.41) is 0. The Morgan fingerprint density at radius 2 is 1.69 bits per heavy atom. The van der Waals surface area contributed by atoms with Crippen LogP contribution in [-0.4, -0.2) is 37.8 Å². The van der Waals surface area contributed by atoms with Crippen molar-refractivity contribution in [3.05, 3.63) is 59.7 Å². The summed E-state index contributed by atoms with van der Waals surface area (Å²) in [6, 6.07) is 7.87. The monoisotopic (exact) mass is 380 g/mol. The quantitative estimate of drug-likeness (QED) is 0.823. The molecule has 0 bridgehead atoms. The van der Waals surface area contributed by atoms with Gasteiger partial charge >= 0.3 is 0 Å². The molecular weight excluding hydrogens is 362 g/mol. The maximum Gasteiger partial charge on any atom is 0.245 e. The van der Waals surface area contributed by atoms with Crippen LogP contribution in [0.2, 0.25) is 0 Å². The molecule has 0 spiro atoms. The zero-order valence-corrected chi connectivity index (χ0v) is 15.1. The van der Waals surface area contributed by atoms with Gasteiger partial charge in [0.15, 0.2) is 0 Å². The lowest BCUT2D eigenvalue weighted by Gasteiger charge is -2.38. The molecule has 2 aromatic carbocycles. The number of carbonyl (C=O) groups excluding carboxylic acids is 1. The molecule has 5 nitrogen and oxygen atoms in total. The van der Waals surface area contributed by atoms with Crippen LogP contribution in [0.4, 0.5) is 14.5 Å². The van der Waals surface area contributed by atoms with Gasteiger partial charge in [-0.3, -0.25) is 4.79 Å². The van der Waals surface area contributed by atoms with E-state index in [-0.39, 0.29) is 23.7 Å². The number of aryl methyl sites for hydroxylation is 1. The molecule has 1 atom stereocenters. The molecular formula is C18H18F2N2O3S. The lowest BCUT2D eigenvalue weighted by molar-refractivity contribution is -0.123.